The van der Waals surface area contributed by atoms with Gasteiger partial charge in [0, 0.05) is 18.0 Å². The second kappa shape index (κ2) is 4.94. The predicted molar refractivity (Wildman–Crippen MR) is 68.0 cm³/mol. The number of hydrogen-bond donors (Lipinski definition) is 1. The van der Waals surface area contributed by atoms with E-state index in [-0.39, 0.29) is 10.6 Å². The molecule has 0 spiro atoms. The number of pyridine rings is 1. The van der Waals surface area contributed by atoms with Crippen LogP contribution in [0, 0.1) is 11.3 Å². The lowest BCUT2D eigenvalue weighted by Gasteiger charge is -2.02. The second-order valence-electron chi connectivity index (χ2n) is 3.56. The van der Waals surface area contributed by atoms with Gasteiger partial charge in [0.1, 0.15) is 16.0 Å². The molecular weight excluding hydrogens is 248 g/mol. The summed E-state index contributed by atoms with van der Waals surface area (Å²) in [5.74, 6) is -0.679. The summed E-state index contributed by atoms with van der Waals surface area (Å²) >= 11 is 1.17. The van der Waals surface area contributed by atoms with Gasteiger partial charge in [-0.05, 0) is 18.1 Å². The first-order valence-electron chi connectivity index (χ1n) is 5.31. The second-order valence-corrected chi connectivity index (χ2v) is 4.56. The molecule has 0 atom stereocenters. The van der Waals surface area contributed by atoms with Crippen molar-refractivity contribution < 1.29 is 4.79 Å². The van der Waals surface area contributed by atoms with Crippen LogP contribution in [-0.4, -0.2) is 15.9 Å². The molecule has 0 saturated carbocycles. The van der Waals surface area contributed by atoms with Crippen LogP contribution in [-0.2, 0) is 6.42 Å². The molecule has 6 heteroatoms. The fourth-order valence-corrected chi connectivity index (χ4v) is 2.52. The highest BCUT2D eigenvalue weighted by atomic mass is 32.1. The lowest BCUT2D eigenvalue weighted by Crippen LogP contribution is -2.12. The van der Waals surface area contributed by atoms with Crippen LogP contribution >= 0.6 is 11.3 Å². The summed E-state index contributed by atoms with van der Waals surface area (Å²) in [6.07, 6.45) is 4.22. The average molecular weight is 258 g/mol. The third-order valence-corrected chi connectivity index (χ3v) is 3.47. The highest BCUT2D eigenvalue weighted by molar-refractivity contribution is 7.15. The van der Waals surface area contributed by atoms with E-state index in [1.165, 1.54) is 11.3 Å². The number of carbonyl (C=O) groups is 1. The molecule has 0 aliphatic rings. The lowest BCUT2D eigenvalue weighted by atomic mass is 10.1. The van der Waals surface area contributed by atoms with Crippen LogP contribution in [0.25, 0.3) is 10.6 Å². The van der Waals surface area contributed by atoms with Crippen LogP contribution in [0.4, 0.5) is 0 Å². The van der Waals surface area contributed by atoms with Crippen LogP contribution in [0.5, 0.6) is 0 Å². The third-order valence-electron chi connectivity index (χ3n) is 2.48. The SMILES string of the molecule is CCc1cnccc1-c1nc(C(N)=O)c(C#N)s1. The number of nitriles is 1. The molecule has 1 amide bonds. The molecule has 0 aliphatic heterocycles. The normalized spacial score (nSPS) is 10.0. The Morgan fingerprint density at radius 2 is 2.39 bits per heavy atom. The molecule has 0 bridgehead atoms. The average Bonchev–Trinajstić information content (AvgIpc) is 2.82. The Bertz CT molecular complexity index is 642. The van der Waals surface area contributed by atoms with E-state index >= 15 is 0 Å². The quantitative estimate of drug-likeness (QED) is 0.907. The first-order chi connectivity index (χ1) is 8.67. The van der Waals surface area contributed by atoms with Gasteiger partial charge in [-0.25, -0.2) is 4.98 Å². The zero-order valence-electron chi connectivity index (χ0n) is 9.67. The van der Waals surface area contributed by atoms with E-state index < -0.39 is 5.91 Å². The van der Waals surface area contributed by atoms with Crippen LogP contribution in [0.3, 0.4) is 0 Å². The monoisotopic (exact) mass is 258 g/mol. The van der Waals surface area contributed by atoms with Crippen LogP contribution < -0.4 is 5.73 Å². The molecule has 2 aromatic rings. The molecule has 2 aromatic heterocycles. The van der Waals surface area contributed by atoms with Gasteiger partial charge in [-0.1, -0.05) is 6.92 Å². The minimum absolute atomic E-state index is 0.0383. The zero-order valence-corrected chi connectivity index (χ0v) is 10.5. The third kappa shape index (κ3) is 2.08. The fraction of sp³-hybridized carbons (Fsp3) is 0.167. The van der Waals surface area contributed by atoms with Gasteiger partial charge in [-0.15, -0.1) is 11.3 Å². The zero-order chi connectivity index (χ0) is 13.1. The molecule has 90 valence electrons. The Kier molecular flexibility index (Phi) is 3.35. The number of thiazole rings is 1. The van der Waals surface area contributed by atoms with E-state index in [0.29, 0.717) is 5.01 Å². The number of amides is 1. The molecular formula is C12H10N4OS. The van der Waals surface area contributed by atoms with Gasteiger partial charge in [-0.2, -0.15) is 5.26 Å². The van der Waals surface area contributed by atoms with E-state index in [1.54, 1.807) is 12.4 Å². The fourth-order valence-electron chi connectivity index (χ4n) is 1.60. The largest absolute Gasteiger partial charge is 0.364 e. The van der Waals surface area contributed by atoms with Gasteiger partial charge < -0.3 is 5.73 Å². The summed E-state index contributed by atoms with van der Waals surface area (Å²) < 4.78 is 0. The maximum Gasteiger partial charge on any atom is 0.269 e. The van der Waals surface area contributed by atoms with Gasteiger partial charge in [0.2, 0.25) is 0 Å². The molecule has 0 fully saturated rings. The van der Waals surface area contributed by atoms with Crippen molar-refractivity contribution in [3.8, 4) is 16.6 Å². The molecule has 2 heterocycles. The Morgan fingerprint density at radius 1 is 1.61 bits per heavy atom. The standard InChI is InChI=1S/C12H10N4OS/c1-2-7-6-15-4-3-8(7)12-16-10(11(14)17)9(5-13)18-12/h3-4,6H,2H2,1H3,(H2,14,17). The van der Waals surface area contributed by atoms with E-state index in [4.69, 9.17) is 11.0 Å². The minimum atomic E-state index is -0.679. The molecule has 0 radical (unpaired) electrons. The first kappa shape index (κ1) is 12.2. The van der Waals surface area contributed by atoms with E-state index in [1.807, 2.05) is 19.1 Å². The number of rotatable bonds is 3. The van der Waals surface area contributed by atoms with Crippen molar-refractivity contribution in [1.82, 2.24) is 9.97 Å². The summed E-state index contributed by atoms with van der Waals surface area (Å²) in [6, 6.07) is 3.77. The maximum atomic E-state index is 11.2. The number of hydrogen-bond acceptors (Lipinski definition) is 5. The Balaban J connectivity index is 2.59. The molecule has 18 heavy (non-hydrogen) atoms. The summed E-state index contributed by atoms with van der Waals surface area (Å²) in [4.78, 5) is 19.6. The molecule has 0 aromatic carbocycles. The lowest BCUT2D eigenvalue weighted by molar-refractivity contribution is 0.0996. The van der Waals surface area contributed by atoms with E-state index in [9.17, 15) is 4.79 Å². The van der Waals surface area contributed by atoms with Crippen molar-refractivity contribution in [3.05, 3.63) is 34.6 Å². The Morgan fingerprint density at radius 3 is 2.94 bits per heavy atom. The summed E-state index contributed by atoms with van der Waals surface area (Å²) in [5, 5.41) is 9.58. The molecule has 2 N–H and O–H groups in total. The molecule has 5 nitrogen and oxygen atoms in total. The van der Waals surface area contributed by atoms with Gasteiger partial charge in [-0.3, -0.25) is 9.78 Å². The Hall–Kier alpha value is -2.26. The minimum Gasteiger partial charge on any atom is -0.364 e. The summed E-state index contributed by atoms with van der Waals surface area (Å²) in [7, 11) is 0. The van der Waals surface area contributed by atoms with Crippen LogP contribution in [0.2, 0.25) is 0 Å². The van der Waals surface area contributed by atoms with E-state index in [0.717, 1.165) is 17.5 Å². The summed E-state index contributed by atoms with van der Waals surface area (Å²) in [5.41, 5.74) is 7.14. The number of aryl methyl sites for hydroxylation is 1. The van der Waals surface area contributed by atoms with Crippen molar-refractivity contribution in [3.63, 3.8) is 0 Å². The van der Waals surface area contributed by atoms with E-state index in [2.05, 4.69) is 9.97 Å². The highest BCUT2D eigenvalue weighted by Crippen LogP contribution is 2.29. The number of nitrogens with zero attached hydrogens (tertiary/aromatic N) is 3. The molecule has 0 saturated heterocycles. The van der Waals surface area contributed by atoms with Crippen LogP contribution in [0.15, 0.2) is 18.5 Å². The number of primary amides is 1. The van der Waals surface area contributed by atoms with Crippen molar-refractivity contribution in [2.75, 3.05) is 0 Å². The van der Waals surface area contributed by atoms with Crippen molar-refractivity contribution >= 4 is 17.2 Å². The van der Waals surface area contributed by atoms with Crippen molar-refractivity contribution in [1.29, 1.82) is 5.26 Å². The van der Waals surface area contributed by atoms with Gasteiger partial charge in [0.15, 0.2) is 5.69 Å². The number of nitrogens with two attached hydrogens (primary N) is 1. The summed E-state index contributed by atoms with van der Waals surface area (Å²) in [6.45, 7) is 2.01. The first-order valence-corrected chi connectivity index (χ1v) is 6.13. The molecule has 0 aliphatic carbocycles. The van der Waals surface area contributed by atoms with Gasteiger partial charge in [0.05, 0.1) is 0 Å². The topological polar surface area (TPSA) is 92.7 Å². The van der Waals surface area contributed by atoms with Gasteiger partial charge >= 0.3 is 0 Å². The number of carbonyl (C=O) groups excluding carboxylic acids is 1. The van der Waals surface area contributed by atoms with Crippen LogP contribution in [0.1, 0.15) is 27.9 Å². The van der Waals surface area contributed by atoms with Crippen molar-refractivity contribution in [2.45, 2.75) is 13.3 Å². The number of aromatic nitrogens is 2. The Labute approximate surface area is 108 Å². The molecule has 2 rings (SSSR count). The highest BCUT2D eigenvalue weighted by Gasteiger charge is 2.17. The van der Waals surface area contributed by atoms with Crippen molar-refractivity contribution in [2.24, 2.45) is 5.73 Å². The predicted octanol–water partition coefficient (Wildman–Crippen LogP) is 1.74. The molecule has 0 unspecified atom stereocenters. The maximum absolute atomic E-state index is 11.2. The smallest absolute Gasteiger partial charge is 0.269 e. The van der Waals surface area contributed by atoms with Gasteiger partial charge in [0.25, 0.3) is 5.91 Å².